The number of rotatable bonds is 7. The summed E-state index contributed by atoms with van der Waals surface area (Å²) in [6.45, 7) is 11.5. The highest BCUT2D eigenvalue weighted by atomic mass is 127. The maximum atomic E-state index is 4.78. The van der Waals surface area contributed by atoms with E-state index in [9.17, 15) is 0 Å². The van der Waals surface area contributed by atoms with Crippen LogP contribution >= 0.6 is 24.0 Å². The Bertz CT molecular complexity index is 558. The van der Waals surface area contributed by atoms with E-state index in [4.69, 9.17) is 4.99 Å². The average Bonchev–Trinajstić information content (AvgIpc) is 3.35. The van der Waals surface area contributed by atoms with Gasteiger partial charge in [-0.1, -0.05) is 13.8 Å². The quantitative estimate of drug-likeness (QED) is 0.363. The van der Waals surface area contributed by atoms with Crippen molar-refractivity contribution in [2.24, 2.45) is 10.9 Å². The second-order valence-corrected chi connectivity index (χ2v) is 7.77. The molecule has 0 aromatic carbocycles. The molecule has 148 valence electrons. The van der Waals surface area contributed by atoms with Crippen molar-refractivity contribution in [3.8, 4) is 0 Å². The fourth-order valence-corrected chi connectivity index (χ4v) is 3.56. The Balaban J connectivity index is 0.00000243. The zero-order chi connectivity index (χ0) is 17.6. The number of hydrogen-bond donors (Lipinski definition) is 2. The molecule has 7 heteroatoms. The molecule has 0 radical (unpaired) electrons. The first-order chi connectivity index (χ1) is 12.2. The first-order valence-electron chi connectivity index (χ1n) is 9.94. The number of halogens is 1. The van der Waals surface area contributed by atoms with Gasteiger partial charge in [-0.2, -0.15) is 0 Å². The lowest BCUT2D eigenvalue weighted by molar-refractivity contribution is 0.197. The van der Waals surface area contributed by atoms with Crippen molar-refractivity contribution in [2.45, 2.75) is 71.6 Å². The van der Waals surface area contributed by atoms with Gasteiger partial charge in [-0.25, -0.2) is 9.98 Å². The smallest absolute Gasteiger partial charge is 0.191 e. The molecule has 1 aromatic rings. The molecular formula is C19H35IN6. The van der Waals surface area contributed by atoms with Gasteiger partial charge in [-0.05, 0) is 38.5 Å². The summed E-state index contributed by atoms with van der Waals surface area (Å²) in [6, 6.07) is 1.42. The van der Waals surface area contributed by atoms with Crippen LogP contribution in [0.25, 0.3) is 0 Å². The van der Waals surface area contributed by atoms with Crippen LogP contribution in [0.4, 0.5) is 0 Å². The third-order valence-electron chi connectivity index (χ3n) is 5.02. The summed E-state index contributed by atoms with van der Waals surface area (Å²) in [5.74, 6) is 2.57. The molecule has 1 aliphatic carbocycles. The third kappa shape index (κ3) is 6.40. The summed E-state index contributed by atoms with van der Waals surface area (Å²) in [6.07, 6.45) is 9.17. The van der Waals surface area contributed by atoms with Gasteiger partial charge in [0.15, 0.2) is 5.96 Å². The first kappa shape index (κ1) is 21.5. The second kappa shape index (κ2) is 10.5. The van der Waals surface area contributed by atoms with Crippen LogP contribution in [0.2, 0.25) is 0 Å². The van der Waals surface area contributed by atoms with Crippen molar-refractivity contribution < 1.29 is 0 Å². The van der Waals surface area contributed by atoms with E-state index in [1.54, 1.807) is 0 Å². The van der Waals surface area contributed by atoms with Gasteiger partial charge < -0.3 is 20.1 Å². The number of aromatic nitrogens is 2. The molecule has 1 aromatic heterocycles. The molecule has 2 heterocycles. The largest absolute Gasteiger partial charge is 0.357 e. The Morgan fingerprint density at radius 1 is 1.27 bits per heavy atom. The number of imidazole rings is 1. The highest BCUT2D eigenvalue weighted by Crippen LogP contribution is 2.29. The molecule has 2 N–H and O–H groups in total. The first-order valence-corrected chi connectivity index (χ1v) is 9.94. The lowest BCUT2D eigenvalue weighted by Gasteiger charge is -2.33. The molecule has 1 saturated heterocycles. The number of nitrogens with zero attached hydrogens (tertiary/aromatic N) is 4. The molecule has 0 spiro atoms. The van der Waals surface area contributed by atoms with E-state index in [1.807, 2.05) is 6.20 Å². The Labute approximate surface area is 175 Å². The van der Waals surface area contributed by atoms with Crippen molar-refractivity contribution in [3.05, 3.63) is 18.2 Å². The predicted octanol–water partition coefficient (Wildman–Crippen LogP) is 2.84. The van der Waals surface area contributed by atoms with Gasteiger partial charge in [0.2, 0.25) is 0 Å². The lowest BCUT2D eigenvalue weighted by Crippen LogP contribution is -2.49. The highest BCUT2D eigenvalue weighted by Gasteiger charge is 2.31. The summed E-state index contributed by atoms with van der Waals surface area (Å²) < 4.78 is 2.21. The number of nitrogens with one attached hydrogen (secondary N) is 2. The molecule has 0 amide bonds. The Hall–Kier alpha value is -0.830. The van der Waals surface area contributed by atoms with Crippen molar-refractivity contribution in [1.29, 1.82) is 0 Å². The van der Waals surface area contributed by atoms with Crippen LogP contribution in [0.3, 0.4) is 0 Å². The molecule has 0 bridgehead atoms. The monoisotopic (exact) mass is 474 g/mol. The molecule has 1 saturated carbocycles. The predicted molar refractivity (Wildman–Crippen MR) is 118 cm³/mol. The summed E-state index contributed by atoms with van der Waals surface area (Å²) in [7, 11) is 0. The minimum atomic E-state index is 0. The zero-order valence-corrected chi connectivity index (χ0v) is 18.8. The van der Waals surface area contributed by atoms with Gasteiger partial charge >= 0.3 is 0 Å². The molecule has 26 heavy (non-hydrogen) atoms. The topological polar surface area (TPSA) is 57.5 Å². The minimum Gasteiger partial charge on any atom is -0.357 e. The van der Waals surface area contributed by atoms with E-state index < -0.39 is 0 Å². The number of guanidine groups is 1. The van der Waals surface area contributed by atoms with Crippen molar-refractivity contribution in [3.63, 3.8) is 0 Å². The third-order valence-corrected chi connectivity index (χ3v) is 5.02. The van der Waals surface area contributed by atoms with E-state index in [2.05, 4.69) is 52.1 Å². The molecule has 1 aliphatic heterocycles. The maximum absolute atomic E-state index is 4.78. The van der Waals surface area contributed by atoms with Crippen LogP contribution in [-0.2, 0) is 13.1 Å². The summed E-state index contributed by atoms with van der Waals surface area (Å²) in [4.78, 5) is 11.9. The Morgan fingerprint density at radius 2 is 2.00 bits per heavy atom. The highest BCUT2D eigenvalue weighted by molar-refractivity contribution is 14.0. The Morgan fingerprint density at radius 3 is 2.62 bits per heavy atom. The number of likely N-dealkylation sites (tertiary alicyclic amines) is 1. The van der Waals surface area contributed by atoms with Crippen LogP contribution in [0.15, 0.2) is 17.4 Å². The van der Waals surface area contributed by atoms with Gasteiger partial charge in [-0.3, -0.25) is 0 Å². The van der Waals surface area contributed by atoms with Crippen molar-refractivity contribution in [1.82, 2.24) is 25.1 Å². The molecule has 3 rings (SSSR count). The van der Waals surface area contributed by atoms with Crippen molar-refractivity contribution in [2.75, 3.05) is 19.6 Å². The number of piperidine rings is 1. The minimum absolute atomic E-state index is 0. The van der Waals surface area contributed by atoms with Gasteiger partial charge in [0.1, 0.15) is 12.4 Å². The van der Waals surface area contributed by atoms with E-state index >= 15 is 0 Å². The van der Waals surface area contributed by atoms with Gasteiger partial charge in [0, 0.05) is 50.7 Å². The molecule has 2 aliphatic rings. The standard InChI is InChI=1S/C19H34N6.HI/c1-4-20-19(22-13-18-21-9-12-25(18)14-15(2)3)23-16-7-10-24(11-8-16)17-5-6-17;/h9,12,15-17H,4-8,10-11,13-14H2,1-3H3,(H2,20,22,23);1H. The Kier molecular flexibility index (Phi) is 8.66. The van der Waals surface area contributed by atoms with E-state index in [0.29, 0.717) is 18.5 Å². The van der Waals surface area contributed by atoms with Gasteiger partial charge in [0.05, 0.1) is 0 Å². The van der Waals surface area contributed by atoms with Crippen molar-refractivity contribution >= 4 is 29.9 Å². The zero-order valence-electron chi connectivity index (χ0n) is 16.4. The van der Waals surface area contributed by atoms with Crippen LogP contribution in [-0.4, -0.2) is 52.1 Å². The maximum Gasteiger partial charge on any atom is 0.191 e. The van der Waals surface area contributed by atoms with Gasteiger partial charge in [-0.15, -0.1) is 24.0 Å². The van der Waals surface area contributed by atoms with Crippen LogP contribution in [0, 0.1) is 5.92 Å². The second-order valence-electron chi connectivity index (χ2n) is 7.77. The van der Waals surface area contributed by atoms with E-state index in [1.165, 1.54) is 38.8 Å². The SMILES string of the molecule is CCNC(=NCc1nccn1CC(C)C)NC1CCN(C2CC2)CC1.I. The fourth-order valence-electron chi connectivity index (χ4n) is 3.56. The summed E-state index contributed by atoms with van der Waals surface area (Å²) in [5, 5.41) is 7.02. The number of hydrogen-bond acceptors (Lipinski definition) is 3. The van der Waals surface area contributed by atoms with Crippen LogP contribution in [0.1, 0.15) is 52.3 Å². The molecule has 2 fully saturated rings. The summed E-state index contributed by atoms with van der Waals surface area (Å²) in [5.41, 5.74) is 0. The van der Waals surface area contributed by atoms with Gasteiger partial charge in [0.25, 0.3) is 0 Å². The normalized spacial score (nSPS) is 19.5. The van der Waals surface area contributed by atoms with Crippen LogP contribution in [0.5, 0.6) is 0 Å². The fraction of sp³-hybridized carbons (Fsp3) is 0.789. The summed E-state index contributed by atoms with van der Waals surface area (Å²) >= 11 is 0. The lowest BCUT2D eigenvalue weighted by atomic mass is 10.1. The van der Waals surface area contributed by atoms with E-state index in [0.717, 1.165) is 30.9 Å². The average molecular weight is 474 g/mol. The molecule has 6 nitrogen and oxygen atoms in total. The van der Waals surface area contributed by atoms with E-state index in [-0.39, 0.29) is 24.0 Å². The van der Waals surface area contributed by atoms with Crippen LogP contribution < -0.4 is 10.6 Å². The number of aliphatic imine (C=N–C) groups is 1. The molecule has 0 unspecified atom stereocenters. The molecular weight excluding hydrogens is 439 g/mol. The molecule has 0 atom stereocenters.